The molecule has 0 spiro atoms. The fraction of sp³-hybridized carbons (Fsp3) is 0.286. The molecule has 0 radical (unpaired) electrons. The van der Waals surface area contributed by atoms with Gasteiger partial charge in [0, 0.05) is 18.1 Å². The average Bonchev–Trinajstić information content (AvgIpc) is 2.44. The molecule has 2 N–H and O–H groups in total. The van der Waals surface area contributed by atoms with Crippen LogP contribution in [0, 0.1) is 0 Å². The summed E-state index contributed by atoms with van der Waals surface area (Å²) in [6, 6.07) is 7.12. The van der Waals surface area contributed by atoms with Crippen molar-refractivity contribution in [2.75, 3.05) is 20.1 Å². The van der Waals surface area contributed by atoms with Crippen LogP contribution in [-0.2, 0) is 0 Å². The molecule has 0 atom stereocenters. The predicted molar refractivity (Wildman–Crippen MR) is 77.6 cm³/mol. The van der Waals surface area contributed by atoms with Crippen molar-refractivity contribution in [3.8, 4) is 0 Å². The molecule has 1 aromatic heterocycles. The van der Waals surface area contributed by atoms with Crippen LogP contribution in [0.3, 0.4) is 0 Å². The summed E-state index contributed by atoms with van der Waals surface area (Å²) in [4.78, 5) is 16.4. The van der Waals surface area contributed by atoms with Crippen molar-refractivity contribution in [2.24, 2.45) is 0 Å². The standard InChI is InChI=1S/C14H16ClN3O/c1-16-7-3-9-18-14(19)11-5-6-12(15)10-4-2-8-17-13(10)11/h2,4-6,8,16H,3,7,9H2,1H3,(H,18,19). The van der Waals surface area contributed by atoms with Gasteiger partial charge in [-0.3, -0.25) is 9.78 Å². The number of halogens is 1. The Hall–Kier alpha value is -1.65. The molecule has 0 saturated carbocycles. The van der Waals surface area contributed by atoms with Crippen molar-refractivity contribution in [3.63, 3.8) is 0 Å². The molecular formula is C14H16ClN3O. The number of carbonyl (C=O) groups is 1. The Morgan fingerprint density at radius 1 is 1.32 bits per heavy atom. The highest BCUT2D eigenvalue weighted by Crippen LogP contribution is 2.24. The average molecular weight is 278 g/mol. The van der Waals surface area contributed by atoms with Crippen molar-refractivity contribution in [2.45, 2.75) is 6.42 Å². The van der Waals surface area contributed by atoms with E-state index in [0.29, 0.717) is 22.6 Å². The second kappa shape index (κ2) is 6.50. The third-order valence-electron chi connectivity index (χ3n) is 2.85. The van der Waals surface area contributed by atoms with E-state index >= 15 is 0 Å². The third-order valence-corrected chi connectivity index (χ3v) is 3.18. The highest BCUT2D eigenvalue weighted by atomic mass is 35.5. The van der Waals surface area contributed by atoms with Crippen LogP contribution in [-0.4, -0.2) is 31.0 Å². The first-order chi connectivity index (χ1) is 9.24. The van der Waals surface area contributed by atoms with Crippen molar-refractivity contribution in [3.05, 3.63) is 41.0 Å². The molecule has 1 aromatic carbocycles. The summed E-state index contributed by atoms with van der Waals surface area (Å²) in [5.41, 5.74) is 1.20. The van der Waals surface area contributed by atoms with Crippen LogP contribution < -0.4 is 10.6 Å². The number of aromatic nitrogens is 1. The topological polar surface area (TPSA) is 54.0 Å². The van der Waals surface area contributed by atoms with Gasteiger partial charge in [-0.05, 0) is 44.3 Å². The Morgan fingerprint density at radius 2 is 2.16 bits per heavy atom. The molecule has 0 saturated heterocycles. The SMILES string of the molecule is CNCCCNC(=O)c1ccc(Cl)c2cccnc12. The number of hydrogen-bond donors (Lipinski definition) is 2. The smallest absolute Gasteiger partial charge is 0.253 e. The van der Waals surface area contributed by atoms with Gasteiger partial charge in [-0.15, -0.1) is 0 Å². The van der Waals surface area contributed by atoms with Crippen LogP contribution in [0.2, 0.25) is 5.02 Å². The molecule has 0 aliphatic carbocycles. The summed E-state index contributed by atoms with van der Waals surface area (Å²) in [5, 5.41) is 7.33. The van der Waals surface area contributed by atoms with Crippen molar-refractivity contribution in [1.29, 1.82) is 0 Å². The van der Waals surface area contributed by atoms with E-state index in [1.165, 1.54) is 0 Å². The van der Waals surface area contributed by atoms with Gasteiger partial charge in [0.05, 0.1) is 16.1 Å². The second-order valence-electron chi connectivity index (χ2n) is 4.21. The zero-order valence-electron chi connectivity index (χ0n) is 10.7. The van der Waals surface area contributed by atoms with E-state index in [1.54, 1.807) is 18.3 Å². The van der Waals surface area contributed by atoms with E-state index in [-0.39, 0.29) is 5.91 Å². The number of carbonyl (C=O) groups excluding carboxylic acids is 1. The number of benzene rings is 1. The first-order valence-electron chi connectivity index (χ1n) is 6.20. The Kier molecular flexibility index (Phi) is 4.71. The van der Waals surface area contributed by atoms with Gasteiger partial charge in [0.1, 0.15) is 0 Å². The normalized spacial score (nSPS) is 10.6. The lowest BCUT2D eigenvalue weighted by Crippen LogP contribution is -2.26. The summed E-state index contributed by atoms with van der Waals surface area (Å²) in [6.45, 7) is 1.51. The van der Waals surface area contributed by atoms with E-state index in [0.717, 1.165) is 18.4 Å². The monoisotopic (exact) mass is 277 g/mol. The van der Waals surface area contributed by atoms with Gasteiger partial charge >= 0.3 is 0 Å². The van der Waals surface area contributed by atoms with E-state index in [2.05, 4.69) is 15.6 Å². The second-order valence-corrected chi connectivity index (χ2v) is 4.61. The van der Waals surface area contributed by atoms with Crippen LogP contribution >= 0.6 is 11.6 Å². The van der Waals surface area contributed by atoms with Gasteiger partial charge in [-0.25, -0.2) is 0 Å². The number of pyridine rings is 1. The molecule has 5 heteroatoms. The number of rotatable bonds is 5. The van der Waals surface area contributed by atoms with Gasteiger partial charge in [0.2, 0.25) is 0 Å². The molecule has 4 nitrogen and oxygen atoms in total. The summed E-state index contributed by atoms with van der Waals surface area (Å²) < 4.78 is 0. The van der Waals surface area contributed by atoms with E-state index in [4.69, 9.17) is 11.6 Å². The molecule has 2 rings (SSSR count). The fourth-order valence-electron chi connectivity index (χ4n) is 1.88. The van der Waals surface area contributed by atoms with Gasteiger partial charge in [0.25, 0.3) is 5.91 Å². The molecule has 19 heavy (non-hydrogen) atoms. The summed E-state index contributed by atoms with van der Waals surface area (Å²) >= 11 is 6.10. The quantitative estimate of drug-likeness (QED) is 0.824. The molecule has 0 aliphatic rings. The van der Waals surface area contributed by atoms with Gasteiger partial charge in [-0.1, -0.05) is 11.6 Å². The number of hydrogen-bond acceptors (Lipinski definition) is 3. The highest BCUT2D eigenvalue weighted by Gasteiger charge is 2.12. The minimum absolute atomic E-state index is 0.114. The molecule has 2 aromatic rings. The maximum atomic E-state index is 12.1. The predicted octanol–water partition coefficient (Wildman–Crippen LogP) is 2.23. The van der Waals surface area contributed by atoms with Crippen LogP contribution in [0.15, 0.2) is 30.5 Å². The van der Waals surface area contributed by atoms with E-state index < -0.39 is 0 Å². The van der Waals surface area contributed by atoms with E-state index in [9.17, 15) is 4.79 Å². The lowest BCUT2D eigenvalue weighted by molar-refractivity contribution is 0.0955. The molecule has 0 aliphatic heterocycles. The minimum Gasteiger partial charge on any atom is -0.352 e. The molecule has 0 bridgehead atoms. The number of nitrogens with one attached hydrogen (secondary N) is 2. The Balaban J connectivity index is 2.20. The zero-order valence-corrected chi connectivity index (χ0v) is 11.5. The maximum Gasteiger partial charge on any atom is 0.253 e. The van der Waals surface area contributed by atoms with Crippen molar-refractivity contribution in [1.82, 2.24) is 15.6 Å². The van der Waals surface area contributed by atoms with Crippen LogP contribution in [0.5, 0.6) is 0 Å². The van der Waals surface area contributed by atoms with Gasteiger partial charge < -0.3 is 10.6 Å². The Morgan fingerprint density at radius 3 is 2.95 bits per heavy atom. The summed E-state index contributed by atoms with van der Waals surface area (Å²) in [5.74, 6) is -0.114. The van der Waals surface area contributed by atoms with Gasteiger partial charge in [-0.2, -0.15) is 0 Å². The maximum absolute atomic E-state index is 12.1. The molecule has 0 fully saturated rings. The zero-order chi connectivity index (χ0) is 13.7. The number of amides is 1. The lowest BCUT2D eigenvalue weighted by Gasteiger charge is -2.08. The number of fused-ring (bicyclic) bond motifs is 1. The van der Waals surface area contributed by atoms with Gasteiger partial charge in [0.15, 0.2) is 0 Å². The molecule has 1 heterocycles. The first-order valence-corrected chi connectivity index (χ1v) is 6.58. The number of nitrogens with zero attached hydrogens (tertiary/aromatic N) is 1. The molecule has 100 valence electrons. The minimum atomic E-state index is -0.114. The summed E-state index contributed by atoms with van der Waals surface area (Å²) in [6.07, 6.45) is 2.55. The fourth-order valence-corrected chi connectivity index (χ4v) is 2.10. The Labute approximate surface area is 117 Å². The van der Waals surface area contributed by atoms with Crippen LogP contribution in [0.25, 0.3) is 10.9 Å². The van der Waals surface area contributed by atoms with Crippen molar-refractivity contribution >= 4 is 28.4 Å². The lowest BCUT2D eigenvalue weighted by atomic mass is 10.1. The molecule has 1 amide bonds. The largest absolute Gasteiger partial charge is 0.352 e. The summed E-state index contributed by atoms with van der Waals surface area (Å²) in [7, 11) is 1.89. The molecule has 0 unspecified atom stereocenters. The van der Waals surface area contributed by atoms with Crippen LogP contribution in [0.1, 0.15) is 16.8 Å². The Bertz CT molecular complexity index is 586. The van der Waals surface area contributed by atoms with Crippen molar-refractivity contribution < 1.29 is 4.79 Å². The third kappa shape index (κ3) is 3.22. The van der Waals surface area contributed by atoms with Crippen LogP contribution in [0.4, 0.5) is 0 Å². The first kappa shape index (κ1) is 13.8. The molecular weight excluding hydrogens is 262 g/mol. The highest BCUT2D eigenvalue weighted by molar-refractivity contribution is 6.35. The van der Waals surface area contributed by atoms with E-state index in [1.807, 2.05) is 19.2 Å².